The maximum absolute atomic E-state index is 11.8. The second-order valence-electron chi connectivity index (χ2n) is 3.84. The molecule has 0 N–H and O–H groups in total. The molecule has 4 atom stereocenters. The van der Waals surface area contributed by atoms with Crippen LogP contribution in [0.3, 0.4) is 0 Å². The minimum atomic E-state index is -3.03. The summed E-state index contributed by atoms with van der Waals surface area (Å²) in [7, 11) is -3.03. The van der Waals surface area contributed by atoms with Crippen LogP contribution in [0.15, 0.2) is 0 Å². The highest BCUT2D eigenvalue weighted by atomic mass is 35.5. The molecule has 76 valence electrons. The van der Waals surface area contributed by atoms with Crippen molar-refractivity contribution in [3.8, 4) is 0 Å². The molecule has 0 radical (unpaired) electrons. The Balaban J connectivity index is 2.42. The molecule has 0 saturated carbocycles. The Labute approximate surface area is 88.5 Å². The van der Waals surface area contributed by atoms with Gasteiger partial charge in [-0.25, -0.2) is 8.42 Å². The zero-order chi connectivity index (χ0) is 9.64. The van der Waals surface area contributed by atoms with Gasteiger partial charge in [-0.1, -0.05) is 12.8 Å². The fourth-order valence-electron chi connectivity index (χ4n) is 2.34. The summed E-state index contributed by atoms with van der Waals surface area (Å²) in [4.78, 5) is 0. The molecule has 2 aliphatic rings. The molecule has 0 aromatic carbocycles. The summed E-state index contributed by atoms with van der Waals surface area (Å²) >= 11 is 12.0. The monoisotopic (exact) mass is 242 g/mol. The van der Waals surface area contributed by atoms with E-state index in [1.807, 2.05) is 0 Å². The van der Waals surface area contributed by atoms with Gasteiger partial charge in [-0.05, 0) is 12.8 Å². The lowest BCUT2D eigenvalue weighted by molar-refractivity contribution is 0.565. The minimum Gasteiger partial charge on any atom is -0.228 e. The molecule has 2 bridgehead atoms. The van der Waals surface area contributed by atoms with E-state index in [0.29, 0.717) is 12.8 Å². The smallest absolute Gasteiger partial charge is 0.159 e. The quantitative estimate of drug-likeness (QED) is 0.609. The van der Waals surface area contributed by atoms with E-state index in [1.165, 1.54) is 0 Å². The highest BCUT2D eigenvalue weighted by Gasteiger charge is 2.53. The molecule has 5 heteroatoms. The summed E-state index contributed by atoms with van der Waals surface area (Å²) in [5.74, 6) is 0. The normalized spacial score (nSPS) is 48.8. The van der Waals surface area contributed by atoms with Crippen LogP contribution in [-0.4, -0.2) is 29.7 Å². The van der Waals surface area contributed by atoms with Crippen LogP contribution in [0, 0.1) is 0 Å². The molecule has 0 aromatic rings. The van der Waals surface area contributed by atoms with Crippen molar-refractivity contribution in [2.45, 2.75) is 46.9 Å². The number of hydrogen-bond donors (Lipinski definition) is 0. The first kappa shape index (κ1) is 10.1. The van der Waals surface area contributed by atoms with Crippen LogP contribution in [0.25, 0.3) is 0 Å². The highest BCUT2D eigenvalue weighted by Crippen LogP contribution is 2.42. The van der Waals surface area contributed by atoms with Crippen molar-refractivity contribution in [2.75, 3.05) is 0 Å². The number of fused-ring (bicyclic) bond motifs is 2. The van der Waals surface area contributed by atoms with E-state index >= 15 is 0 Å². The Morgan fingerprint density at radius 1 is 0.923 bits per heavy atom. The van der Waals surface area contributed by atoms with Gasteiger partial charge in [0.2, 0.25) is 0 Å². The molecule has 0 aromatic heterocycles. The van der Waals surface area contributed by atoms with Crippen molar-refractivity contribution in [2.24, 2.45) is 0 Å². The first-order valence-corrected chi connectivity index (χ1v) is 7.04. The zero-order valence-corrected chi connectivity index (χ0v) is 9.45. The molecular formula is C8H12Cl2O2S. The largest absolute Gasteiger partial charge is 0.228 e. The second kappa shape index (κ2) is 3.28. The molecular weight excluding hydrogens is 231 g/mol. The summed E-state index contributed by atoms with van der Waals surface area (Å²) in [5, 5.41) is -1.53. The third-order valence-corrected chi connectivity index (χ3v) is 7.41. The SMILES string of the molecule is O=S1(=O)[C@@H]2CCCC[C@@H]1[C@@H](Cl)[C@H]2Cl. The maximum atomic E-state index is 11.8. The molecule has 0 amide bonds. The van der Waals surface area contributed by atoms with Gasteiger partial charge in [-0.3, -0.25) is 0 Å². The van der Waals surface area contributed by atoms with Crippen molar-refractivity contribution < 1.29 is 8.42 Å². The maximum Gasteiger partial charge on any atom is 0.159 e. The number of sulfone groups is 1. The summed E-state index contributed by atoms with van der Waals surface area (Å²) in [6.45, 7) is 0. The van der Waals surface area contributed by atoms with Crippen LogP contribution in [0.2, 0.25) is 0 Å². The average molecular weight is 243 g/mol. The van der Waals surface area contributed by atoms with Crippen molar-refractivity contribution in [3.05, 3.63) is 0 Å². The van der Waals surface area contributed by atoms with E-state index in [4.69, 9.17) is 23.2 Å². The first-order valence-electron chi connectivity index (χ1n) is 4.56. The molecule has 0 spiro atoms. The number of rotatable bonds is 0. The van der Waals surface area contributed by atoms with Crippen LogP contribution in [0.1, 0.15) is 25.7 Å². The number of alkyl halides is 2. The average Bonchev–Trinajstić information content (AvgIpc) is 2.23. The predicted octanol–water partition coefficient (Wildman–Crippen LogP) is 1.94. The molecule has 0 aliphatic carbocycles. The Hall–Kier alpha value is 0.530. The van der Waals surface area contributed by atoms with Crippen LogP contribution in [0.4, 0.5) is 0 Å². The number of halogens is 2. The molecule has 2 nitrogen and oxygen atoms in total. The third kappa shape index (κ3) is 1.40. The Bertz CT molecular complexity index is 277. The summed E-state index contributed by atoms with van der Waals surface area (Å²) in [5.41, 5.74) is 0. The minimum absolute atomic E-state index is 0.378. The van der Waals surface area contributed by atoms with Crippen molar-refractivity contribution in [1.82, 2.24) is 0 Å². The van der Waals surface area contributed by atoms with Crippen molar-refractivity contribution in [3.63, 3.8) is 0 Å². The summed E-state index contributed by atoms with van der Waals surface area (Å²) in [6.07, 6.45) is 3.31. The Morgan fingerprint density at radius 2 is 1.31 bits per heavy atom. The fraction of sp³-hybridized carbons (Fsp3) is 1.00. The molecule has 13 heavy (non-hydrogen) atoms. The van der Waals surface area contributed by atoms with Crippen LogP contribution >= 0.6 is 23.2 Å². The van der Waals surface area contributed by atoms with Gasteiger partial charge in [-0.2, -0.15) is 0 Å². The fourth-order valence-corrected chi connectivity index (χ4v) is 6.47. The van der Waals surface area contributed by atoms with Gasteiger partial charge in [-0.15, -0.1) is 23.2 Å². The van der Waals surface area contributed by atoms with Crippen molar-refractivity contribution >= 4 is 33.0 Å². The van der Waals surface area contributed by atoms with Crippen LogP contribution < -0.4 is 0 Å². The zero-order valence-electron chi connectivity index (χ0n) is 7.12. The van der Waals surface area contributed by atoms with Gasteiger partial charge in [0, 0.05) is 0 Å². The van der Waals surface area contributed by atoms with Gasteiger partial charge in [0.1, 0.15) is 0 Å². The van der Waals surface area contributed by atoms with E-state index in [-0.39, 0.29) is 21.3 Å². The predicted molar refractivity (Wildman–Crippen MR) is 54.2 cm³/mol. The lowest BCUT2D eigenvalue weighted by Gasteiger charge is -2.14. The lowest BCUT2D eigenvalue weighted by atomic mass is 10.0. The van der Waals surface area contributed by atoms with Gasteiger partial charge >= 0.3 is 0 Å². The summed E-state index contributed by atoms with van der Waals surface area (Å²) < 4.78 is 23.7. The van der Waals surface area contributed by atoms with E-state index in [2.05, 4.69) is 0 Å². The van der Waals surface area contributed by atoms with E-state index in [0.717, 1.165) is 12.8 Å². The Morgan fingerprint density at radius 3 is 1.69 bits per heavy atom. The molecule has 2 heterocycles. The van der Waals surface area contributed by atoms with E-state index in [1.54, 1.807) is 0 Å². The standard InChI is InChI=1S/C8H12Cl2O2S/c9-7-5-3-1-2-4-6(8(7)10)13(5,11)12/h5-8H,1-4H2/t5-,6-,7-,8+/m1/s1. The second-order valence-corrected chi connectivity index (χ2v) is 7.24. The molecule has 2 fully saturated rings. The number of hydrogen-bond acceptors (Lipinski definition) is 2. The highest BCUT2D eigenvalue weighted by molar-refractivity contribution is 7.93. The van der Waals surface area contributed by atoms with Gasteiger partial charge in [0.25, 0.3) is 0 Å². The lowest BCUT2D eigenvalue weighted by Crippen LogP contribution is -2.24. The van der Waals surface area contributed by atoms with Gasteiger partial charge in [0.15, 0.2) is 9.84 Å². The molecule has 2 rings (SSSR count). The van der Waals surface area contributed by atoms with Gasteiger partial charge in [0.05, 0.1) is 21.3 Å². The van der Waals surface area contributed by atoms with E-state index in [9.17, 15) is 8.42 Å². The first-order chi connectivity index (χ1) is 6.05. The topological polar surface area (TPSA) is 34.1 Å². The third-order valence-electron chi connectivity index (χ3n) is 3.09. The van der Waals surface area contributed by atoms with Crippen molar-refractivity contribution in [1.29, 1.82) is 0 Å². The summed E-state index contributed by atoms with van der Waals surface area (Å²) in [6, 6.07) is 0. The molecule has 0 unspecified atom stereocenters. The molecule has 2 aliphatic heterocycles. The van der Waals surface area contributed by atoms with Crippen LogP contribution in [-0.2, 0) is 9.84 Å². The molecule has 2 saturated heterocycles. The van der Waals surface area contributed by atoms with E-state index < -0.39 is 9.84 Å². The van der Waals surface area contributed by atoms with Gasteiger partial charge < -0.3 is 0 Å². The van der Waals surface area contributed by atoms with Crippen LogP contribution in [0.5, 0.6) is 0 Å². The Kier molecular flexibility index (Phi) is 2.54.